The molecule has 27 heavy (non-hydrogen) atoms. The summed E-state index contributed by atoms with van der Waals surface area (Å²) in [7, 11) is 0. The molecule has 6 heteroatoms. The average molecular weight is 367 g/mol. The van der Waals surface area contributed by atoms with Crippen LogP contribution >= 0.6 is 0 Å². The lowest BCUT2D eigenvalue weighted by atomic mass is 10.1. The quantitative estimate of drug-likeness (QED) is 0.852. The van der Waals surface area contributed by atoms with Crippen LogP contribution in [0, 0.1) is 0 Å². The Kier molecular flexibility index (Phi) is 6.44. The molecule has 0 radical (unpaired) electrons. The van der Waals surface area contributed by atoms with Crippen molar-refractivity contribution in [2.45, 2.75) is 19.5 Å². The van der Waals surface area contributed by atoms with Gasteiger partial charge in [-0.2, -0.15) is 0 Å². The molecule has 1 heterocycles. The van der Waals surface area contributed by atoms with Crippen LogP contribution in [0.15, 0.2) is 54.6 Å². The number of carbonyl (C=O) groups is 2. The summed E-state index contributed by atoms with van der Waals surface area (Å²) in [6, 6.07) is 16.9. The fourth-order valence-electron chi connectivity index (χ4n) is 3.23. The van der Waals surface area contributed by atoms with Crippen LogP contribution in [-0.2, 0) is 13.1 Å². The Balaban J connectivity index is 1.47. The van der Waals surface area contributed by atoms with Gasteiger partial charge in [-0.1, -0.05) is 42.5 Å². The van der Waals surface area contributed by atoms with Crippen molar-refractivity contribution in [1.29, 1.82) is 0 Å². The topological polar surface area (TPSA) is 72.9 Å². The fraction of sp³-hybridized carbons (Fsp3) is 0.333. The summed E-state index contributed by atoms with van der Waals surface area (Å²) >= 11 is 0. The van der Waals surface area contributed by atoms with Gasteiger partial charge < -0.3 is 15.3 Å². The van der Waals surface area contributed by atoms with E-state index in [9.17, 15) is 9.59 Å². The molecule has 142 valence electrons. The first-order valence-corrected chi connectivity index (χ1v) is 9.23. The molecular weight excluding hydrogens is 342 g/mol. The Morgan fingerprint density at radius 1 is 0.889 bits per heavy atom. The molecule has 3 rings (SSSR count). The Morgan fingerprint density at radius 3 is 2.33 bits per heavy atom. The number of carboxylic acids is 1. The minimum absolute atomic E-state index is 0.0705. The number of aromatic carboxylic acids is 1. The van der Waals surface area contributed by atoms with Gasteiger partial charge in [0.15, 0.2) is 0 Å². The lowest BCUT2D eigenvalue weighted by molar-refractivity contribution is 0.0697. The van der Waals surface area contributed by atoms with Crippen LogP contribution in [0.4, 0.5) is 4.79 Å². The second-order valence-corrected chi connectivity index (χ2v) is 6.76. The first-order chi connectivity index (χ1) is 13.1. The van der Waals surface area contributed by atoms with E-state index in [2.05, 4.69) is 34.5 Å². The zero-order valence-electron chi connectivity index (χ0n) is 15.3. The van der Waals surface area contributed by atoms with Gasteiger partial charge in [0, 0.05) is 39.3 Å². The summed E-state index contributed by atoms with van der Waals surface area (Å²) < 4.78 is 0. The van der Waals surface area contributed by atoms with Crippen molar-refractivity contribution < 1.29 is 14.7 Å². The molecule has 1 aliphatic heterocycles. The Bertz CT molecular complexity index is 762. The summed E-state index contributed by atoms with van der Waals surface area (Å²) in [5, 5.41) is 11.9. The third kappa shape index (κ3) is 5.56. The Hall–Kier alpha value is -2.86. The highest BCUT2D eigenvalue weighted by Crippen LogP contribution is 2.10. The number of nitrogens with one attached hydrogen (secondary N) is 1. The van der Waals surface area contributed by atoms with Gasteiger partial charge in [-0.15, -0.1) is 0 Å². The van der Waals surface area contributed by atoms with Gasteiger partial charge in [0.1, 0.15) is 0 Å². The van der Waals surface area contributed by atoms with E-state index in [1.807, 2.05) is 11.0 Å². The summed E-state index contributed by atoms with van der Waals surface area (Å²) in [4.78, 5) is 27.6. The van der Waals surface area contributed by atoms with Crippen LogP contribution in [0.1, 0.15) is 27.9 Å². The predicted molar refractivity (Wildman–Crippen MR) is 104 cm³/mol. The second kappa shape index (κ2) is 9.19. The van der Waals surface area contributed by atoms with Crippen molar-refractivity contribution in [3.05, 3.63) is 71.3 Å². The molecule has 0 bridgehead atoms. The van der Waals surface area contributed by atoms with E-state index in [4.69, 9.17) is 5.11 Å². The van der Waals surface area contributed by atoms with Crippen LogP contribution in [0.25, 0.3) is 0 Å². The number of carboxylic acid groups (broad SMARTS) is 1. The standard InChI is InChI=1S/C21H25N3O3/c25-20(26)19-9-7-17(8-10-19)15-22-21(27)24-12-4-11-23(13-14-24)16-18-5-2-1-3-6-18/h1-3,5-10H,4,11-16H2,(H,22,27)(H,25,26). The van der Waals surface area contributed by atoms with Gasteiger partial charge >= 0.3 is 12.0 Å². The number of hydrogen-bond acceptors (Lipinski definition) is 3. The molecule has 1 fully saturated rings. The molecule has 2 N–H and O–H groups in total. The SMILES string of the molecule is O=C(O)c1ccc(CNC(=O)N2CCCN(Cc3ccccc3)CC2)cc1. The molecule has 2 aromatic carbocycles. The summed E-state index contributed by atoms with van der Waals surface area (Å²) in [6.07, 6.45) is 0.952. The van der Waals surface area contributed by atoms with Gasteiger partial charge in [0.05, 0.1) is 5.56 Å². The van der Waals surface area contributed by atoms with Crippen LogP contribution in [0.2, 0.25) is 0 Å². The lowest BCUT2D eigenvalue weighted by Gasteiger charge is -2.22. The van der Waals surface area contributed by atoms with Crippen molar-refractivity contribution >= 4 is 12.0 Å². The van der Waals surface area contributed by atoms with Gasteiger partial charge in [-0.3, -0.25) is 4.90 Å². The molecule has 6 nitrogen and oxygen atoms in total. The number of benzene rings is 2. The maximum atomic E-state index is 12.5. The largest absolute Gasteiger partial charge is 0.478 e. The third-order valence-electron chi connectivity index (χ3n) is 4.77. The molecule has 0 aromatic heterocycles. The first-order valence-electron chi connectivity index (χ1n) is 9.23. The Labute approximate surface area is 159 Å². The van der Waals surface area contributed by atoms with Crippen LogP contribution in [-0.4, -0.2) is 53.1 Å². The number of carbonyl (C=O) groups excluding carboxylic acids is 1. The molecule has 0 unspecified atom stereocenters. The molecule has 0 spiro atoms. The summed E-state index contributed by atoms with van der Waals surface area (Å²) in [5.41, 5.74) is 2.42. The van der Waals surface area contributed by atoms with Crippen LogP contribution < -0.4 is 5.32 Å². The molecule has 2 amide bonds. The monoisotopic (exact) mass is 367 g/mol. The lowest BCUT2D eigenvalue weighted by Crippen LogP contribution is -2.41. The van der Waals surface area contributed by atoms with Crippen LogP contribution in [0.5, 0.6) is 0 Å². The van der Waals surface area contributed by atoms with E-state index in [1.54, 1.807) is 24.3 Å². The average Bonchev–Trinajstić information content (AvgIpc) is 2.93. The number of amides is 2. The highest BCUT2D eigenvalue weighted by atomic mass is 16.4. The van der Waals surface area contributed by atoms with Gasteiger partial charge in [0.25, 0.3) is 0 Å². The van der Waals surface area contributed by atoms with Gasteiger partial charge in [-0.25, -0.2) is 9.59 Å². The van der Waals surface area contributed by atoms with Gasteiger partial charge in [-0.05, 0) is 29.7 Å². The van der Waals surface area contributed by atoms with E-state index in [-0.39, 0.29) is 11.6 Å². The molecule has 1 aliphatic rings. The highest BCUT2D eigenvalue weighted by Gasteiger charge is 2.19. The van der Waals surface area contributed by atoms with Crippen molar-refractivity contribution in [2.24, 2.45) is 0 Å². The number of urea groups is 1. The van der Waals surface area contributed by atoms with Crippen molar-refractivity contribution in [1.82, 2.24) is 15.1 Å². The molecular formula is C21H25N3O3. The second-order valence-electron chi connectivity index (χ2n) is 6.76. The molecule has 0 atom stereocenters. The zero-order valence-corrected chi connectivity index (χ0v) is 15.3. The third-order valence-corrected chi connectivity index (χ3v) is 4.77. The maximum Gasteiger partial charge on any atom is 0.335 e. The van der Waals surface area contributed by atoms with Crippen molar-refractivity contribution in [2.75, 3.05) is 26.2 Å². The highest BCUT2D eigenvalue weighted by molar-refractivity contribution is 5.87. The number of rotatable bonds is 5. The van der Waals surface area contributed by atoms with Crippen LogP contribution in [0.3, 0.4) is 0 Å². The summed E-state index contributed by atoms with van der Waals surface area (Å²) in [5.74, 6) is -0.949. The first kappa shape index (κ1) is 18.9. The summed E-state index contributed by atoms with van der Waals surface area (Å²) in [6.45, 7) is 4.59. The minimum Gasteiger partial charge on any atom is -0.478 e. The van der Waals surface area contributed by atoms with Crippen molar-refractivity contribution in [3.8, 4) is 0 Å². The number of hydrogen-bond donors (Lipinski definition) is 2. The van der Waals surface area contributed by atoms with E-state index < -0.39 is 5.97 Å². The van der Waals surface area contributed by atoms with E-state index in [0.29, 0.717) is 13.1 Å². The van der Waals surface area contributed by atoms with Crippen molar-refractivity contribution in [3.63, 3.8) is 0 Å². The minimum atomic E-state index is -0.949. The molecule has 1 saturated heterocycles. The molecule has 2 aromatic rings. The number of nitrogens with zero attached hydrogens (tertiary/aromatic N) is 2. The zero-order chi connectivity index (χ0) is 19.1. The van der Waals surface area contributed by atoms with E-state index in [1.165, 1.54) is 5.56 Å². The normalized spacial score (nSPS) is 15.2. The van der Waals surface area contributed by atoms with E-state index in [0.717, 1.165) is 38.2 Å². The van der Waals surface area contributed by atoms with E-state index >= 15 is 0 Å². The predicted octanol–water partition coefficient (Wildman–Crippen LogP) is 2.80. The molecule has 0 saturated carbocycles. The maximum absolute atomic E-state index is 12.5. The van der Waals surface area contributed by atoms with Gasteiger partial charge in [0.2, 0.25) is 0 Å². The smallest absolute Gasteiger partial charge is 0.335 e. The molecule has 0 aliphatic carbocycles. The Morgan fingerprint density at radius 2 is 1.63 bits per heavy atom. The fourth-order valence-corrected chi connectivity index (χ4v) is 3.23.